The molecule has 0 spiro atoms. The summed E-state index contributed by atoms with van der Waals surface area (Å²) in [6, 6.07) is 17.2. The maximum Gasteiger partial charge on any atom is 0.303 e. The van der Waals surface area contributed by atoms with E-state index in [1.54, 1.807) is 12.1 Å². The molecule has 5 nitrogen and oxygen atoms in total. The van der Waals surface area contributed by atoms with Crippen molar-refractivity contribution in [3.8, 4) is 5.75 Å². The van der Waals surface area contributed by atoms with Gasteiger partial charge in [-0.15, -0.1) is 0 Å². The Kier molecular flexibility index (Phi) is 9.76. The van der Waals surface area contributed by atoms with E-state index in [-0.39, 0.29) is 31.4 Å². The fraction of sp³-hybridized carbons (Fsp3) is 0.355. The molecule has 6 heteroatoms. The number of ether oxygens (including phenoxy) is 1. The molecule has 3 aromatic rings. The van der Waals surface area contributed by atoms with Gasteiger partial charge in [-0.1, -0.05) is 73.0 Å². The Balaban J connectivity index is 1.90. The molecule has 0 aliphatic heterocycles. The van der Waals surface area contributed by atoms with E-state index in [4.69, 9.17) is 16.3 Å². The summed E-state index contributed by atoms with van der Waals surface area (Å²) in [7, 11) is 0. The number of carbonyl (C=O) groups excluding carboxylic acids is 1. The number of rotatable bonds is 11. The molecule has 1 amide bonds. The lowest BCUT2D eigenvalue weighted by Gasteiger charge is -2.23. The van der Waals surface area contributed by atoms with Gasteiger partial charge in [0, 0.05) is 12.0 Å². The zero-order valence-electron chi connectivity index (χ0n) is 22.2. The van der Waals surface area contributed by atoms with Gasteiger partial charge in [0.1, 0.15) is 12.4 Å². The Labute approximate surface area is 224 Å². The molecule has 196 valence electrons. The highest BCUT2D eigenvalue weighted by atomic mass is 35.5. The highest BCUT2D eigenvalue weighted by Gasteiger charge is 2.21. The normalized spacial score (nSPS) is 11.9. The standard InChI is InChI=1S/C31H36ClNO4/c1-19(2)12-28(25-14-21(4)13-22(5)15-25)33-31(36)26-17-23(7-8-24(26)9-11-30(34)35)18-37-29-16-20(3)6-10-27(29)32/h6-8,10,13-17,19,28H,9,11-12,18H2,1-5H3,(H,33,36)(H,34,35). The molecule has 0 heterocycles. The third-order valence-corrected chi connectivity index (χ3v) is 6.48. The second-order valence-corrected chi connectivity index (χ2v) is 10.6. The average molecular weight is 522 g/mol. The summed E-state index contributed by atoms with van der Waals surface area (Å²) in [6.07, 6.45) is 0.997. The molecule has 37 heavy (non-hydrogen) atoms. The summed E-state index contributed by atoms with van der Waals surface area (Å²) in [5.41, 5.74) is 6.36. The lowest BCUT2D eigenvalue weighted by atomic mass is 9.93. The van der Waals surface area contributed by atoms with Crippen molar-refractivity contribution in [2.75, 3.05) is 0 Å². The van der Waals surface area contributed by atoms with Crippen LogP contribution in [-0.2, 0) is 17.8 Å². The van der Waals surface area contributed by atoms with Gasteiger partial charge >= 0.3 is 5.97 Å². The van der Waals surface area contributed by atoms with Crippen LogP contribution in [0.5, 0.6) is 5.75 Å². The number of aliphatic carboxylic acids is 1. The van der Waals surface area contributed by atoms with Crippen molar-refractivity contribution in [2.24, 2.45) is 5.92 Å². The number of carbonyl (C=O) groups is 2. The molecule has 0 fully saturated rings. The summed E-state index contributed by atoms with van der Waals surface area (Å²) < 4.78 is 5.95. The highest BCUT2D eigenvalue weighted by Crippen LogP contribution is 2.28. The topological polar surface area (TPSA) is 75.6 Å². The van der Waals surface area contributed by atoms with E-state index in [0.717, 1.165) is 34.2 Å². The van der Waals surface area contributed by atoms with E-state index < -0.39 is 5.97 Å². The Hall–Kier alpha value is -3.31. The lowest BCUT2D eigenvalue weighted by Crippen LogP contribution is -2.30. The highest BCUT2D eigenvalue weighted by molar-refractivity contribution is 6.32. The number of hydrogen-bond donors (Lipinski definition) is 2. The minimum Gasteiger partial charge on any atom is -0.487 e. The van der Waals surface area contributed by atoms with Crippen molar-refractivity contribution in [3.63, 3.8) is 0 Å². The first-order valence-electron chi connectivity index (χ1n) is 12.6. The van der Waals surface area contributed by atoms with Gasteiger partial charge in [0.2, 0.25) is 0 Å². The van der Waals surface area contributed by atoms with Crippen LogP contribution in [0.15, 0.2) is 54.6 Å². The van der Waals surface area contributed by atoms with Gasteiger partial charge in [-0.3, -0.25) is 9.59 Å². The Morgan fingerprint density at radius 2 is 1.65 bits per heavy atom. The van der Waals surface area contributed by atoms with Crippen LogP contribution < -0.4 is 10.1 Å². The molecule has 0 aromatic heterocycles. The zero-order valence-corrected chi connectivity index (χ0v) is 23.0. The number of nitrogens with one attached hydrogen (secondary N) is 1. The van der Waals surface area contributed by atoms with Gasteiger partial charge in [-0.2, -0.15) is 0 Å². The molecule has 0 aliphatic carbocycles. The summed E-state index contributed by atoms with van der Waals surface area (Å²) in [6.45, 7) is 10.6. The van der Waals surface area contributed by atoms with Crippen molar-refractivity contribution in [3.05, 3.63) is 98.6 Å². The lowest BCUT2D eigenvalue weighted by molar-refractivity contribution is -0.136. The number of carboxylic acids is 1. The Bertz CT molecular complexity index is 1250. The van der Waals surface area contributed by atoms with Gasteiger partial charge in [0.05, 0.1) is 11.1 Å². The van der Waals surface area contributed by atoms with Crippen LogP contribution in [0.1, 0.15) is 76.5 Å². The molecular formula is C31H36ClNO4. The van der Waals surface area contributed by atoms with Crippen molar-refractivity contribution >= 4 is 23.5 Å². The summed E-state index contributed by atoms with van der Waals surface area (Å²) in [5, 5.41) is 13.0. The number of hydrogen-bond acceptors (Lipinski definition) is 3. The van der Waals surface area contributed by atoms with Crippen LogP contribution in [-0.4, -0.2) is 17.0 Å². The molecule has 2 N–H and O–H groups in total. The van der Waals surface area contributed by atoms with Crippen LogP contribution in [0, 0.1) is 26.7 Å². The zero-order chi connectivity index (χ0) is 27.1. The predicted molar refractivity (Wildman–Crippen MR) is 148 cm³/mol. The molecule has 0 saturated heterocycles. The van der Waals surface area contributed by atoms with Crippen molar-refractivity contribution in [1.82, 2.24) is 5.32 Å². The monoisotopic (exact) mass is 521 g/mol. The Morgan fingerprint density at radius 1 is 0.946 bits per heavy atom. The third-order valence-electron chi connectivity index (χ3n) is 6.17. The van der Waals surface area contributed by atoms with Crippen LogP contribution in [0.2, 0.25) is 5.02 Å². The van der Waals surface area contributed by atoms with Crippen LogP contribution >= 0.6 is 11.6 Å². The van der Waals surface area contributed by atoms with Crippen LogP contribution in [0.3, 0.4) is 0 Å². The SMILES string of the molecule is Cc1cc(C)cc(C(CC(C)C)NC(=O)c2cc(COc3cc(C)ccc3Cl)ccc2CCC(=O)O)c1. The molecule has 0 saturated carbocycles. The Morgan fingerprint density at radius 3 is 2.30 bits per heavy atom. The van der Waals surface area contributed by atoms with Crippen LogP contribution in [0.4, 0.5) is 0 Å². The first-order valence-corrected chi connectivity index (χ1v) is 13.0. The molecule has 1 unspecified atom stereocenters. The van der Waals surface area contributed by atoms with Crippen molar-refractivity contribution in [1.29, 1.82) is 0 Å². The number of aryl methyl sites for hydroxylation is 4. The third kappa shape index (κ3) is 8.36. The molecule has 0 radical (unpaired) electrons. The maximum absolute atomic E-state index is 13.7. The van der Waals surface area contributed by atoms with Gasteiger partial charge in [-0.05, 0) is 80.0 Å². The van der Waals surface area contributed by atoms with E-state index >= 15 is 0 Å². The number of benzene rings is 3. The van der Waals surface area contributed by atoms with Gasteiger partial charge in [0.15, 0.2) is 0 Å². The van der Waals surface area contributed by atoms with Crippen molar-refractivity contribution in [2.45, 2.75) is 66.5 Å². The van der Waals surface area contributed by atoms with E-state index in [2.05, 4.69) is 51.2 Å². The predicted octanol–water partition coefficient (Wildman–Crippen LogP) is 7.38. The fourth-order valence-corrected chi connectivity index (χ4v) is 4.64. The van der Waals surface area contributed by atoms with E-state index in [9.17, 15) is 14.7 Å². The summed E-state index contributed by atoms with van der Waals surface area (Å²) in [5.74, 6) is -0.174. The van der Waals surface area contributed by atoms with E-state index in [1.807, 2.05) is 31.2 Å². The smallest absolute Gasteiger partial charge is 0.303 e. The van der Waals surface area contributed by atoms with Crippen molar-refractivity contribution < 1.29 is 19.4 Å². The molecule has 3 rings (SSSR count). The average Bonchev–Trinajstić information content (AvgIpc) is 2.82. The minimum atomic E-state index is -0.902. The maximum atomic E-state index is 13.7. The molecule has 0 aliphatic rings. The van der Waals surface area contributed by atoms with E-state index in [0.29, 0.717) is 27.8 Å². The van der Waals surface area contributed by atoms with Gasteiger partial charge in [-0.25, -0.2) is 0 Å². The van der Waals surface area contributed by atoms with Gasteiger partial charge < -0.3 is 15.2 Å². The molecule has 1 atom stereocenters. The molecular weight excluding hydrogens is 486 g/mol. The number of halogens is 1. The fourth-order valence-electron chi connectivity index (χ4n) is 4.46. The molecule has 0 bridgehead atoms. The minimum absolute atomic E-state index is 0.0540. The first kappa shape index (κ1) is 28.3. The second-order valence-electron chi connectivity index (χ2n) is 10.2. The van der Waals surface area contributed by atoms with Crippen LogP contribution in [0.25, 0.3) is 0 Å². The number of amides is 1. The number of carboxylic acid groups (broad SMARTS) is 1. The van der Waals surface area contributed by atoms with E-state index in [1.165, 1.54) is 0 Å². The summed E-state index contributed by atoms with van der Waals surface area (Å²) in [4.78, 5) is 24.9. The first-order chi connectivity index (χ1) is 17.5. The largest absolute Gasteiger partial charge is 0.487 e. The quantitative estimate of drug-likeness (QED) is 0.276. The molecule has 3 aromatic carbocycles. The second kappa shape index (κ2) is 12.8. The van der Waals surface area contributed by atoms with Gasteiger partial charge in [0.25, 0.3) is 5.91 Å². The summed E-state index contributed by atoms with van der Waals surface area (Å²) >= 11 is 6.27.